The van der Waals surface area contributed by atoms with Crippen molar-refractivity contribution in [3.63, 3.8) is 0 Å². The third kappa shape index (κ3) is 3.69. The molecule has 0 aliphatic carbocycles. The van der Waals surface area contributed by atoms with Gasteiger partial charge < -0.3 is 9.47 Å². The van der Waals surface area contributed by atoms with Gasteiger partial charge in [-0.2, -0.15) is 0 Å². The monoisotopic (exact) mass is 362 g/mol. The molecule has 0 aromatic heterocycles. The minimum Gasteiger partial charge on any atom is -0.496 e. The van der Waals surface area contributed by atoms with E-state index in [2.05, 4.69) is 28.9 Å². The number of carbonyl (C=O) groups excluding carboxylic acids is 1. The normalized spacial score (nSPS) is 11.8. The van der Waals surface area contributed by atoms with Gasteiger partial charge in [-0.1, -0.05) is 31.2 Å². The molecule has 0 N–H and O–H groups in total. The number of methoxy groups -OCH3 is 2. The van der Waals surface area contributed by atoms with Crippen LogP contribution in [0.15, 0.2) is 46.9 Å². The van der Waals surface area contributed by atoms with Crippen molar-refractivity contribution in [2.24, 2.45) is 0 Å². The molecule has 0 aliphatic heterocycles. The predicted molar refractivity (Wildman–Crippen MR) is 90.6 cm³/mol. The molecule has 2 aromatic carbocycles. The van der Waals surface area contributed by atoms with Crippen molar-refractivity contribution < 1.29 is 14.3 Å². The number of hydrogen-bond donors (Lipinski definition) is 0. The first-order valence-electron chi connectivity index (χ1n) is 7.06. The van der Waals surface area contributed by atoms with Gasteiger partial charge in [0.05, 0.1) is 24.3 Å². The zero-order chi connectivity index (χ0) is 16.1. The second kappa shape index (κ2) is 7.45. The highest BCUT2D eigenvalue weighted by atomic mass is 79.9. The molecular weight excluding hydrogens is 344 g/mol. The molecule has 0 unspecified atom stereocenters. The highest BCUT2D eigenvalue weighted by molar-refractivity contribution is 9.10. The first-order chi connectivity index (χ1) is 10.6. The first kappa shape index (κ1) is 16.6. The van der Waals surface area contributed by atoms with E-state index < -0.39 is 0 Å². The fourth-order valence-corrected chi connectivity index (χ4v) is 2.97. The molecule has 2 aromatic rings. The first-order valence-corrected chi connectivity index (χ1v) is 7.85. The van der Waals surface area contributed by atoms with E-state index in [9.17, 15) is 4.79 Å². The summed E-state index contributed by atoms with van der Waals surface area (Å²) in [5.74, 6) is 0.857. The van der Waals surface area contributed by atoms with Crippen LogP contribution >= 0.6 is 15.9 Å². The molecule has 2 rings (SSSR count). The molecule has 0 amide bonds. The molecular formula is C18H19BrO3. The number of rotatable bonds is 5. The average molecular weight is 363 g/mol. The van der Waals surface area contributed by atoms with E-state index in [1.807, 2.05) is 24.3 Å². The van der Waals surface area contributed by atoms with Gasteiger partial charge in [0.15, 0.2) is 0 Å². The van der Waals surface area contributed by atoms with Crippen molar-refractivity contribution in [3.05, 3.63) is 63.6 Å². The van der Waals surface area contributed by atoms with Crippen LogP contribution in [0.25, 0.3) is 0 Å². The Morgan fingerprint density at radius 1 is 1.14 bits per heavy atom. The topological polar surface area (TPSA) is 35.5 Å². The van der Waals surface area contributed by atoms with Crippen LogP contribution in [0, 0.1) is 0 Å². The molecule has 0 saturated carbocycles. The van der Waals surface area contributed by atoms with Gasteiger partial charge in [-0.25, -0.2) is 4.79 Å². The molecule has 0 spiro atoms. The molecule has 0 heterocycles. The van der Waals surface area contributed by atoms with Gasteiger partial charge in [0, 0.05) is 0 Å². The van der Waals surface area contributed by atoms with Gasteiger partial charge in [0.25, 0.3) is 0 Å². The maximum Gasteiger partial charge on any atom is 0.337 e. The summed E-state index contributed by atoms with van der Waals surface area (Å²) < 4.78 is 11.0. The summed E-state index contributed by atoms with van der Waals surface area (Å²) in [4.78, 5) is 11.5. The Morgan fingerprint density at radius 2 is 1.82 bits per heavy atom. The van der Waals surface area contributed by atoms with Crippen LogP contribution in [0.3, 0.4) is 0 Å². The second-order valence-electron chi connectivity index (χ2n) is 5.15. The Hall–Kier alpha value is -1.81. The Labute approximate surface area is 139 Å². The summed E-state index contributed by atoms with van der Waals surface area (Å²) >= 11 is 3.60. The van der Waals surface area contributed by atoms with Crippen LogP contribution in [0.5, 0.6) is 5.75 Å². The lowest BCUT2D eigenvalue weighted by molar-refractivity contribution is 0.0600. The SMILES string of the molecule is COC(=O)c1ccc([C@@H](C)Cc2cccc(OC)c2Br)cc1. The van der Waals surface area contributed by atoms with Crippen molar-refractivity contribution in [3.8, 4) is 5.75 Å². The Bertz CT molecular complexity index is 650. The molecule has 116 valence electrons. The number of hydrogen-bond acceptors (Lipinski definition) is 3. The van der Waals surface area contributed by atoms with Crippen LogP contribution in [0.2, 0.25) is 0 Å². The van der Waals surface area contributed by atoms with E-state index in [0.29, 0.717) is 11.5 Å². The van der Waals surface area contributed by atoms with E-state index >= 15 is 0 Å². The smallest absolute Gasteiger partial charge is 0.337 e. The van der Waals surface area contributed by atoms with Gasteiger partial charge in [0.2, 0.25) is 0 Å². The molecule has 0 aliphatic rings. The Kier molecular flexibility index (Phi) is 5.61. The van der Waals surface area contributed by atoms with Crippen LogP contribution in [-0.4, -0.2) is 20.2 Å². The molecule has 0 fully saturated rings. The van der Waals surface area contributed by atoms with Crippen molar-refractivity contribution in [1.82, 2.24) is 0 Å². The largest absolute Gasteiger partial charge is 0.496 e. The fraction of sp³-hybridized carbons (Fsp3) is 0.278. The summed E-state index contributed by atoms with van der Waals surface area (Å²) in [6, 6.07) is 13.6. The van der Waals surface area contributed by atoms with E-state index in [0.717, 1.165) is 16.6 Å². The van der Waals surface area contributed by atoms with Crippen molar-refractivity contribution in [2.75, 3.05) is 14.2 Å². The van der Waals surface area contributed by atoms with Gasteiger partial charge in [-0.05, 0) is 57.6 Å². The van der Waals surface area contributed by atoms with E-state index in [4.69, 9.17) is 9.47 Å². The zero-order valence-electron chi connectivity index (χ0n) is 12.9. The lowest BCUT2D eigenvalue weighted by atomic mass is 9.93. The van der Waals surface area contributed by atoms with Crippen molar-refractivity contribution >= 4 is 21.9 Å². The number of ether oxygens (including phenoxy) is 2. The second-order valence-corrected chi connectivity index (χ2v) is 5.95. The lowest BCUT2D eigenvalue weighted by Crippen LogP contribution is -2.03. The van der Waals surface area contributed by atoms with Gasteiger partial charge in [0.1, 0.15) is 5.75 Å². The summed E-state index contributed by atoms with van der Waals surface area (Å²) in [6.45, 7) is 2.17. The maximum atomic E-state index is 11.5. The van der Waals surface area contributed by atoms with Crippen LogP contribution < -0.4 is 4.74 Å². The molecule has 0 radical (unpaired) electrons. The molecule has 22 heavy (non-hydrogen) atoms. The standard InChI is InChI=1S/C18H19BrO3/c1-12(11-15-5-4-6-16(21-2)17(15)19)13-7-9-14(10-8-13)18(20)22-3/h4-10,12H,11H2,1-3H3/t12-/m0/s1. The minimum absolute atomic E-state index is 0.310. The number of carbonyl (C=O) groups is 1. The lowest BCUT2D eigenvalue weighted by Gasteiger charge is -2.15. The predicted octanol–water partition coefficient (Wildman–Crippen LogP) is 4.59. The molecule has 1 atom stereocenters. The van der Waals surface area contributed by atoms with E-state index in [-0.39, 0.29) is 5.97 Å². The van der Waals surface area contributed by atoms with E-state index in [1.54, 1.807) is 19.2 Å². The maximum absolute atomic E-state index is 11.5. The van der Waals surface area contributed by atoms with Gasteiger partial charge in [-0.15, -0.1) is 0 Å². The fourth-order valence-electron chi connectivity index (χ4n) is 2.38. The van der Waals surface area contributed by atoms with Crippen LogP contribution in [-0.2, 0) is 11.2 Å². The van der Waals surface area contributed by atoms with Gasteiger partial charge in [-0.3, -0.25) is 0 Å². The summed E-state index contributed by atoms with van der Waals surface area (Å²) in [6.07, 6.45) is 0.884. The number of esters is 1. The number of halogens is 1. The summed E-state index contributed by atoms with van der Waals surface area (Å²) in [5.41, 5.74) is 2.95. The van der Waals surface area contributed by atoms with Crippen LogP contribution in [0.1, 0.15) is 34.3 Å². The third-order valence-electron chi connectivity index (χ3n) is 3.69. The summed E-state index contributed by atoms with van der Waals surface area (Å²) in [7, 11) is 3.05. The van der Waals surface area contributed by atoms with Crippen molar-refractivity contribution in [1.29, 1.82) is 0 Å². The highest BCUT2D eigenvalue weighted by Crippen LogP contribution is 2.32. The summed E-state index contributed by atoms with van der Waals surface area (Å²) in [5, 5.41) is 0. The third-order valence-corrected chi connectivity index (χ3v) is 4.59. The average Bonchev–Trinajstić information content (AvgIpc) is 2.56. The van der Waals surface area contributed by atoms with E-state index in [1.165, 1.54) is 18.2 Å². The Balaban J connectivity index is 2.15. The van der Waals surface area contributed by atoms with Crippen LogP contribution in [0.4, 0.5) is 0 Å². The molecule has 4 heteroatoms. The van der Waals surface area contributed by atoms with Crippen molar-refractivity contribution in [2.45, 2.75) is 19.3 Å². The highest BCUT2D eigenvalue weighted by Gasteiger charge is 2.12. The molecule has 3 nitrogen and oxygen atoms in total. The van der Waals surface area contributed by atoms with Gasteiger partial charge >= 0.3 is 5.97 Å². The number of benzene rings is 2. The molecule has 0 saturated heterocycles. The Morgan fingerprint density at radius 3 is 2.41 bits per heavy atom. The zero-order valence-corrected chi connectivity index (χ0v) is 14.5. The quantitative estimate of drug-likeness (QED) is 0.729. The molecule has 0 bridgehead atoms. The minimum atomic E-state index is -0.310.